The molecule has 0 bridgehead atoms. The summed E-state index contributed by atoms with van der Waals surface area (Å²) >= 11 is 0. The highest BCUT2D eigenvalue weighted by atomic mass is 19.4. The number of amides is 1. The zero-order valence-corrected chi connectivity index (χ0v) is 13.5. The number of nitrogens with zero attached hydrogens (tertiary/aromatic N) is 3. The first-order valence-electron chi connectivity index (χ1n) is 7.79. The van der Waals surface area contributed by atoms with E-state index >= 15 is 0 Å². The van der Waals surface area contributed by atoms with Crippen molar-refractivity contribution >= 4 is 11.7 Å². The fourth-order valence-corrected chi connectivity index (χ4v) is 2.82. The molecule has 1 amide bonds. The van der Waals surface area contributed by atoms with Crippen LogP contribution in [0.25, 0.3) is 0 Å². The first-order chi connectivity index (χ1) is 12.3. The molecule has 0 spiro atoms. The maximum atomic E-state index is 12.6. The number of fused-ring (bicyclic) bond motifs is 1. The Labute approximate surface area is 145 Å². The molecule has 0 atom stereocenters. The zero-order chi connectivity index (χ0) is 18.9. The Hall–Kier alpha value is -2.97. The number of hydrogen-bond donors (Lipinski definition) is 0. The molecule has 1 aliphatic heterocycles. The Balaban J connectivity index is 1.80. The number of alkyl halides is 3. The number of aromatic nitrogens is 2. The van der Waals surface area contributed by atoms with Crippen molar-refractivity contribution in [2.45, 2.75) is 25.7 Å². The van der Waals surface area contributed by atoms with E-state index in [-0.39, 0.29) is 31.6 Å². The van der Waals surface area contributed by atoms with E-state index in [1.165, 1.54) is 24.4 Å². The second kappa shape index (κ2) is 6.74. The van der Waals surface area contributed by atoms with E-state index in [1.807, 2.05) is 0 Å². The van der Waals surface area contributed by atoms with E-state index in [4.69, 9.17) is 0 Å². The molecule has 0 fully saturated rings. The van der Waals surface area contributed by atoms with Crippen LogP contribution in [0, 0.1) is 0 Å². The van der Waals surface area contributed by atoms with Crippen molar-refractivity contribution in [3.63, 3.8) is 0 Å². The van der Waals surface area contributed by atoms with Gasteiger partial charge in [-0.05, 0) is 29.7 Å². The molecule has 1 aromatic carbocycles. The highest BCUT2D eigenvalue weighted by Gasteiger charge is 2.43. The Morgan fingerprint density at radius 1 is 1.15 bits per heavy atom. The number of ketones is 1. The molecule has 1 aromatic heterocycles. The molecule has 2 aromatic rings. The van der Waals surface area contributed by atoms with Crippen molar-refractivity contribution < 1.29 is 22.8 Å². The summed E-state index contributed by atoms with van der Waals surface area (Å²) in [5, 5.41) is 3.80. The molecule has 26 heavy (non-hydrogen) atoms. The summed E-state index contributed by atoms with van der Waals surface area (Å²) in [7, 11) is 0. The van der Waals surface area contributed by atoms with E-state index < -0.39 is 23.4 Å². The van der Waals surface area contributed by atoms with Crippen LogP contribution >= 0.6 is 0 Å². The van der Waals surface area contributed by atoms with Crippen LogP contribution in [-0.4, -0.2) is 39.1 Å². The standard InChI is InChI=1S/C17H14F3N3O3/c18-17(19,20)16(26)22-7-5-11-3-4-12(8-13(11)9-22)14(24)10-23-15(25)2-1-6-21-23/h1-4,6,8H,5,7,9-10H2. The molecule has 2 heterocycles. The van der Waals surface area contributed by atoms with Crippen molar-refractivity contribution in [3.8, 4) is 0 Å². The summed E-state index contributed by atoms with van der Waals surface area (Å²) in [4.78, 5) is 36.1. The van der Waals surface area contributed by atoms with E-state index in [9.17, 15) is 27.6 Å². The molecule has 136 valence electrons. The van der Waals surface area contributed by atoms with Gasteiger partial charge in [-0.3, -0.25) is 14.4 Å². The monoisotopic (exact) mass is 365 g/mol. The molecule has 0 saturated heterocycles. The SMILES string of the molecule is O=C(Cn1ncccc1=O)c1ccc2c(c1)CN(C(=O)C(F)(F)F)CC2. The van der Waals surface area contributed by atoms with Gasteiger partial charge in [-0.1, -0.05) is 12.1 Å². The molecule has 1 aliphatic rings. The lowest BCUT2D eigenvalue weighted by Crippen LogP contribution is -2.43. The average molecular weight is 365 g/mol. The second-order valence-corrected chi connectivity index (χ2v) is 5.90. The maximum absolute atomic E-state index is 12.6. The zero-order valence-electron chi connectivity index (χ0n) is 13.5. The average Bonchev–Trinajstić information content (AvgIpc) is 2.61. The van der Waals surface area contributed by atoms with Gasteiger partial charge in [-0.2, -0.15) is 18.3 Å². The van der Waals surface area contributed by atoms with Gasteiger partial charge in [0.2, 0.25) is 0 Å². The second-order valence-electron chi connectivity index (χ2n) is 5.90. The van der Waals surface area contributed by atoms with Gasteiger partial charge in [0, 0.05) is 30.9 Å². The van der Waals surface area contributed by atoms with Crippen LogP contribution in [0.15, 0.2) is 41.3 Å². The third-order valence-corrected chi connectivity index (χ3v) is 4.15. The summed E-state index contributed by atoms with van der Waals surface area (Å²) in [5.41, 5.74) is 1.11. The third-order valence-electron chi connectivity index (χ3n) is 4.15. The molecule has 0 N–H and O–H groups in total. The van der Waals surface area contributed by atoms with Crippen molar-refractivity contribution in [1.82, 2.24) is 14.7 Å². The molecule has 9 heteroatoms. The van der Waals surface area contributed by atoms with Crippen molar-refractivity contribution in [3.05, 3.63) is 63.6 Å². The first-order valence-corrected chi connectivity index (χ1v) is 7.79. The van der Waals surface area contributed by atoms with E-state index in [1.54, 1.807) is 12.1 Å². The summed E-state index contributed by atoms with van der Waals surface area (Å²) in [6.07, 6.45) is -3.27. The lowest BCUT2D eigenvalue weighted by molar-refractivity contribution is -0.186. The largest absolute Gasteiger partial charge is 0.471 e. The molecule has 6 nitrogen and oxygen atoms in total. The topological polar surface area (TPSA) is 72.3 Å². The predicted molar refractivity (Wildman–Crippen MR) is 84.4 cm³/mol. The van der Waals surface area contributed by atoms with E-state index in [0.29, 0.717) is 5.56 Å². The van der Waals surface area contributed by atoms with E-state index in [2.05, 4.69) is 5.10 Å². The van der Waals surface area contributed by atoms with E-state index in [0.717, 1.165) is 15.1 Å². The van der Waals surface area contributed by atoms with Gasteiger partial charge in [0.25, 0.3) is 5.56 Å². The van der Waals surface area contributed by atoms with Crippen LogP contribution in [0.1, 0.15) is 21.5 Å². The number of benzene rings is 1. The van der Waals surface area contributed by atoms with Crippen LogP contribution in [-0.2, 0) is 24.3 Å². The van der Waals surface area contributed by atoms with Gasteiger partial charge in [0.1, 0.15) is 6.54 Å². The van der Waals surface area contributed by atoms with Gasteiger partial charge in [-0.25, -0.2) is 4.68 Å². The molecule has 0 radical (unpaired) electrons. The van der Waals surface area contributed by atoms with Gasteiger partial charge in [0.05, 0.1) is 0 Å². The summed E-state index contributed by atoms with van der Waals surface area (Å²) in [5.74, 6) is -2.28. The summed E-state index contributed by atoms with van der Waals surface area (Å²) in [6.45, 7) is -0.510. The van der Waals surface area contributed by atoms with Crippen LogP contribution in [0.3, 0.4) is 0 Å². The van der Waals surface area contributed by atoms with Crippen molar-refractivity contribution in [2.24, 2.45) is 0 Å². The molecule has 0 aliphatic carbocycles. The fraction of sp³-hybridized carbons (Fsp3) is 0.294. The lowest BCUT2D eigenvalue weighted by atomic mass is 9.96. The quantitative estimate of drug-likeness (QED) is 0.774. The summed E-state index contributed by atoms with van der Waals surface area (Å²) in [6, 6.07) is 7.43. The highest BCUT2D eigenvalue weighted by molar-refractivity contribution is 5.96. The number of carbonyl (C=O) groups is 2. The minimum atomic E-state index is -4.93. The Bertz CT molecular complexity index is 921. The smallest absolute Gasteiger partial charge is 0.330 e. The normalized spacial score (nSPS) is 14.0. The van der Waals surface area contributed by atoms with Gasteiger partial charge < -0.3 is 4.90 Å². The molecule has 0 unspecified atom stereocenters. The molecule has 3 rings (SSSR count). The van der Waals surface area contributed by atoms with Crippen molar-refractivity contribution in [1.29, 1.82) is 0 Å². The highest BCUT2D eigenvalue weighted by Crippen LogP contribution is 2.25. The summed E-state index contributed by atoms with van der Waals surface area (Å²) < 4.78 is 38.8. The predicted octanol–water partition coefficient (Wildman–Crippen LogP) is 1.57. The number of hydrogen-bond acceptors (Lipinski definition) is 4. The Morgan fingerprint density at radius 2 is 1.92 bits per heavy atom. The van der Waals surface area contributed by atoms with Gasteiger partial charge >= 0.3 is 12.1 Å². The first kappa shape index (κ1) is 17.8. The van der Waals surface area contributed by atoms with Crippen LogP contribution < -0.4 is 5.56 Å². The van der Waals surface area contributed by atoms with Gasteiger partial charge in [-0.15, -0.1) is 0 Å². The minimum Gasteiger partial charge on any atom is -0.330 e. The Morgan fingerprint density at radius 3 is 2.62 bits per heavy atom. The van der Waals surface area contributed by atoms with Crippen LogP contribution in [0.2, 0.25) is 0 Å². The fourth-order valence-electron chi connectivity index (χ4n) is 2.82. The van der Waals surface area contributed by atoms with Crippen LogP contribution in [0.4, 0.5) is 13.2 Å². The maximum Gasteiger partial charge on any atom is 0.471 e. The molecular formula is C17H14F3N3O3. The number of rotatable bonds is 3. The van der Waals surface area contributed by atoms with Gasteiger partial charge in [0.15, 0.2) is 5.78 Å². The molecule has 0 saturated carbocycles. The van der Waals surface area contributed by atoms with Crippen LogP contribution in [0.5, 0.6) is 0 Å². The number of carbonyl (C=O) groups excluding carboxylic acids is 2. The minimum absolute atomic E-state index is 0.0258. The molecular weight excluding hydrogens is 351 g/mol. The lowest BCUT2D eigenvalue weighted by Gasteiger charge is -2.29. The third kappa shape index (κ3) is 3.66. The number of Topliss-reactive ketones (excluding diaryl/α,β-unsaturated/α-hetero) is 1. The van der Waals surface area contributed by atoms with Crippen molar-refractivity contribution in [2.75, 3.05) is 6.54 Å². The number of halogens is 3. The Kier molecular flexibility index (Phi) is 4.62.